The minimum absolute atomic E-state index is 0.105. The second-order valence-electron chi connectivity index (χ2n) is 3.58. The van der Waals surface area contributed by atoms with Crippen LogP contribution < -0.4 is 10.6 Å². The molecule has 1 heterocycles. The normalized spacial score (nSPS) is 16.2. The molecule has 1 aromatic carbocycles. The Bertz CT molecular complexity index is 352. The van der Waals surface area contributed by atoms with E-state index >= 15 is 0 Å². The molecule has 1 aromatic rings. The zero-order valence-electron chi connectivity index (χ0n) is 7.92. The number of nitrogens with two attached hydrogens (primary N) is 1. The third-order valence-corrected chi connectivity index (χ3v) is 2.49. The molecule has 0 saturated carbocycles. The lowest BCUT2D eigenvalue weighted by Crippen LogP contribution is -2.18. The Balaban J connectivity index is 2.32. The van der Waals surface area contributed by atoms with Crippen LogP contribution in [0.4, 0.5) is 0 Å². The minimum atomic E-state index is 0.105. The van der Waals surface area contributed by atoms with E-state index in [9.17, 15) is 0 Å². The average molecular weight is 214 g/mol. The van der Waals surface area contributed by atoms with Crippen molar-refractivity contribution in [3.63, 3.8) is 0 Å². The van der Waals surface area contributed by atoms with E-state index in [1.165, 1.54) is 0 Å². The van der Waals surface area contributed by atoms with Crippen molar-refractivity contribution in [3.05, 3.63) is 28.3 Å². The highest BCUT2D eigenvalue weighted by Crippen LogP contribution is 2.32. The molecule has 2 rings (SSSR count). The van der Waals surface area contributed by atoms with Gasteiger partial charge in [-0.15, -0.1) is 0 Å². The molecule has 0 radical (unpaired) electrons. The Morgan fingerprint density at radius 3 is 3.07 bits per heavy atom. The number of hydrogen-bond donors (Lipinski definition) is 1. The third-order valence-electron chi connectivity index (χ3n) is 2.13. The van der Waals surface area contributed by atoms with Gasteiger partial charge in [0, 0.05) is 22.7 Å². The van der Waals surface area contributed by atoms with Crippen LogP contribution in [-0.4, -0.2) is 6.04 Å². The monoisotopic (exact) mass is 213 g/mol. The summed E-state index contributed by atoms with van der Waals surface area (Å²) in [6.07, 6.45) is 0.770. The van der Waals surface area contributed by atoms with Crippen molar-refractivity contribution < 1.29 is 9.78 Å². The number of fused-ring (bicyclic) bond motifs is 1. The van der Waals surface area contributed by atoms with Gasteiger partial charge in [-0.2, -0.15) is 4.89 Å². The SMILES string of the molecule is CC(N)Cc1cc2c(cc1Cl)OOC2. The summed E-state index contributed by atoms with van der Waals surface area (Å²) >= 11 is 6.06. The number of rotatable bonds is 2. The van der Waals surface area contributed by atoms with Crippen molar-refractivity contribution in [1.29, 1.82) is 0 Å². The first-order valence-corrected chi connectivity index (χ1v) is 4.91. The van der Waals surface area contributed by atoms with Gasteiger partial charge in [-0.05, 0) is 25.0 Å². The lowest BCUT2D eigenvalue weighted by atomic mass is 10.0. The number of hydrogen-bond acceptors (Lipinski definition) is 3. The first-order chi connectivity index (χ1) is 6.66. The Morgan fingerprint density at radius 1 is 1.57 bits per heavy atom. The predicted octanol–water partition coefficient (Wildman–Crippen LogP) is 2.05. The van der Waals surface area contributed by atoms with Crippen LogP contribution in [0.1, 0.15) is 18.1 Å². The highest BCUT2D eigenvalue weighted by molar-refractivity contribution is 6.31. The molecule has 14 heavy (non-hydrogen) atoms. The minimum Gasteiger partial charge on any atom is -0.337 e. The van der Waals surface area contributed by atoms with Gasteiger partial charge in [-0.3, -0.25) is 0 Å². The van der Waals surface area contributed by atoms with Gasteiger partial charge in [0.25, 0.3) is 0 Å². The van der Waals surface area contributed by atoms with Gasteiger partial charge >= 0.3 is 0 Å². The topological polar surface area (TPSA) is 44.5 Å². The van der Waals surface area contributed by atoms with Gasteiger partial charge in [-0.25, -0.2) is 0 Å². The molecular weight excluding hydrogens is 202 g/mol. The van der Waals surface area contributed by atoms with Gasteiger partial charge in [0.05, 0.1) is 0 Å². The highest BCUT2D eigenvalue weighted by atomic mass is 35.5. The molecule has 1 aliphatic heterocycles. The van der Waals surface area contributed by atoms with E-state index in [1.807, 2.05) is 13.0 Å². The Morgan fingerprint density at radius 2 is 2.36 bits per heavy atom. The fourth-order valence-corrected chi connectivity index (χ4v) is 1.73. The molecule has 76 valence electrons. The van der Waals surface area contributed by atoms with E-state index < -0.39 is 0 Å². The molecule has 1 atom stereocenters. The van der Waals surface area contributed by atoms with E-state index in [2.05, 4.69) is 0 Å². The Kier molecular flexibility index (Phi) is 2.63. The molecule has 3 nitrogen and oxygen atoms in total. The van der Waals surface area contributed by atoms with Crippen molar-refractivity contribution >= 4 is 11.6 Å². The molecule has 4 heteroatoms. The molecule has 1 unspecified atom stereocenters. The van der Waals surface area contributed by atoms with E-state index in [1.54, 1.807) is 6.07 Å². The quantitative estimate of drug-likeness (QED) is 0.765. The van der Waals surface area contributed by atoms with Gasteiger partial charge in [0.2, 0.25) is 0 Å². The molecule has 0 spiro atoms. The highest BCUT2D eigenvalue weighted by Gasteiger charge is 2.17. The number of benzene rings is 1. The molecule has 0 fully saturated rings. The van der Waals surface area contributed by atoms with Crippen molar-refractivity contribution in [1.82, 2.24) is 0 Å². The summed E-state index contributed by atoms with van der Waals surface area (Å²) in [6, 6.07) is 3.88. The smallest absolute Gasteiger partial charge is 0.172 e. The first kappa shape index (κ1) is 9.77. The summed E-state index contributed by atoms with van der Waals surface area (Å²) < 4.78 is 0. The molecule has 1 aliphatic rings. The second-order valence-corrected chi connectivity index (χ2v) is 3.99. The van der Waals surface area contributed by atoms with Crippen LogP contribution in [0.15, 0.2) is 12.1 Å². The van der Waals surface area contributed by atoms with Crippen molar-refractivity contribution in [2.75, 3.05) is 0 Å². The Hall–Kier alpha value is -0.770. The summed E-state index contributed by atoms with van der Waals surface area (Å²) in [6.45, 7) is 2.44. The second kappa shape index (κ2) is 3.77. The summed E-state index contributed by atoms with van der Waals surface area (Å²) in [7, 11) is 0. The molecule has 2 N–H and O–H groups in total. The van der Waals surface area contributed by atoms with E-state index in [0.29, 0.717) is 17.4 Å². The van der Waals surface area contributed by atoms with Gasteiger partial charge in [0.15, 0.2) is 5.75 Å². The van der Waals surface area contributed by atoms with Crippen LogP contribution in [0.25, 0.3) is 0 Å². The molecule has 0 aliphatic carbocycles. The summed E-state index contributed by atoms with van der Waals surface area (Å²) in [4.78, 5) is 9.76. The largest absolute Gasteiger partial charge is 0.337 e. The lowest BCUT2D eigenvalue weighted by molar-refractivity contribution is -0.194. The van der Waals surface area contributed by atoms with Crippen LogP contribution in [0.2, 0.25) is 5.02 Å². The average Bonchev–Trinajstić information content (AvgIpc) is 2.51. The van der Waals surface area contributed by atoms with Crippen LogP contribution in [0, 0.1) is 0 Å². The number of halogens is 1. The van der Waals surface area contributed by atoms with Crippen molar-refractivity contribution in [2.45, 2.75) is 26.0 Å². The predicted molar refractivity (Wildman–Crippen MR) is 54.2 cm³/mol. The molecule has 0 aromatic heterocycles. The van der Waals surface area contributed by atoms with E-state index in [-0.39, 0.29) is 6.04 Å². The fourth-order valence-electron chi connectivity index (χ4n) is 1.50. The maximum Gasteiger partial charge on any atom is 0.172 e. The summed E-state index contributed by atoms with van der Waals surface area (Å²) in [5.74, 6) is 0.712. The summed E-state index contributed by atoms with van der Waals surface area (Å²) in [5.41, 5.74) is 7.80. The molecule has 0 bridgehead atoms. The van der Waals surface area contributed by atoms with Gasteiger partial charge in [0.1, 0.15) is 6.61 Å². The maximum absolute atomic E-state index is 6.06. The van der Waals surface area contributed by atoms with E-state index in [4.69, 9.17) is 27.1 Å². The van der Waals surface area contributed by atoms with Crippen LogP contribution in [0.3, 0.4) is 0 Å². The van der Waals surface area contributed by atoms with Crippen LogP contribution >= 0.6 is 11.6 Å². The van der Waals surface area contributed by atoms with Gasteiger partial charge < -0.3 is 10.6 Å². The van der Waals surface area contributed by atoms with Gasteiger partial charge in [-0.1, -0.05) is 11.6 Å². The van der Waals surface area contributed by atoms with Crippen LogP contribution in [-0.2, 0) is 17.9 Å². The Labute approximate surface area is 87.7 Å². The maximum atomic E-state index is 6.06. The van der Waals surface area contributed by atoms with Crippen molar-refractivity contribution in [3.8, 4) is 5.75 Å². The van der Waals surface area contributed by atoms with Crippen LogP contribution in [0.5, 0.6) is 5.75 Å². The first-order valence-electron chi connectivity index (χ1n) is 4.53. The lowest BCUT2D eigenvalue weighted by Gasteiger charge is -2.08. The fraction of sp³-hybridized carbons (Fsp3) is 0.400. The molecule has 0 saturated heterocycles. The summed E-state index contributed by atoms with van der Waals surface area (Å²) in [5, 5.41) is 0.687. The molecular formula is C10H12ClNO2. The van der Waals surface area contributed by atoms with Crippen molar-refractivity contribution in [2.24, 2.45) is 5.73 Å². The third kappa shape index (κ3) is 1.85. The zero-order chi connectivity index (χ0) is 10.1. The molecule has 0 amide bonds. The zero-order valence-corrected chi connectivity index (χ0v) is 8.67. The van der Waals surface area contributed by atoms with E-state index in [0.717, 1.165) is 17.5 Å². The standard InChI is InChI=1S/C10H12ClNO2/c1-6(12)2-7-3-8-5-13-14-10(8)4-9(7)11/h3-4,6H,2,5,12H2,1H3.